The summed E-state index contributed by atoms with van der Waals surface area (Å²) in [6.45, 7) is 1.89. The Balaban J connectivity index is 2.29. The normalized spacial score (nSPS) is 19.4. The van der Waals surface area contributed by atoms with Crippen molar-refractivity contribution in [1.82, 2.24) is 14.8 Å². The molecule has 1 fully saturated rings. The first-order valence-electron chi connectivity index (χ1n) is 4.10. The van der Waals surface area contributed by atoms with E-state index >= 15 is 0 Å². The van der Waals surface area contributed by atoms with E-state index in [1.807, 2.05) is 11.5 Å². The molecule has 1 aliphatic rings. The van der Waals surface area contributed by atoms with E-state index < -0.39 is 10.8 Å². The van der Waals surface area contributed by atoms with Gasteiger partial charge in [0.2, 0.25) is 5.16 Å². The number of hydrogen-bond acceptors (Lipinski definition) is 3. The smallest absolute Gasteiger partial charge is 0.221 e. The summed E-state index contributed by atoms with van der Waals surface area (Å²) in [6.07, 6.45) is 4.03. The van der Waals surface area contributed by atoms with Crippen LogP contribution in [0.2, 0.25) is 0 Å². The van der Waals surface area contributed by atoms with Gasteiger partial charge in [-0.3, -0.25) is 4.21 Å². The Bertz CT molecular complexity index is 305. The summed E-state index contributed by atoms with van der Waals surface area (Å²) >= 11 is 0. The van der Waals surface area contributed by atoms with Gasteiger partial charge in [0.25, 0.3) is 0 Å². The van der Waals surface area contributed by atoms with Crippen LogP contribution >= 0.6 is 0 Å². The van der Waals surface area contributed by atoms with Crippen LogP contribution < -0.4 is 0 Å². The molecule has 1 heterocycles. The van der Waals surface area contributed by atoms with Crippen molar-refractivity contribution in [1.29, 1.82) is 0 Å². The molecule has 0 aromatic carbocycles. The van der Waals surface area contributed by atoms with Crippen LogP contribution in [0, 0.1) is 0 Å². The Morgan fingerprint density at radius 3 is 3.08 bits per heavy atom. The van der Waals surface area contributed by atoms with Gasteiger partial charge < -0.3 is 4.57 Å². The van der Waals surface area contributed by atoms with E-state index in [1.54, 1.807) is 6.33 Å². The lowest BCUT2D eigenvalue weighted by molar-refractivity contribution is 0.630. The Morgan fingerprint density at radius 2 is 2.50 bits per heavy atom. The zero-order valence-corrected chi connectivity index (χ0v) is 7.75. The fourth-order valence-corrected chi connectivity index (χ4v) is 1.96. The van der Waals surface area contributed by atoms with Gasteiger partial charge in [-0.25, -0.2) is 0 Å². The van der Waals surface area contributed by atoms with Crippen molar-refractivity contribution in [3.05, 3.63) is 6.33 Å². The first-order valence-corrected chi connectivity index (χ1v) is 5.42. The Morgan fingerprint density at radius 1 is 1.75 bits per heavy atom. The second-order valence-corrected chi connectivity index (χ2v) is 4.52. The van der Waals surface area contributed by atoms with Crippen molar-refractivity contribution in [2.45, 2.75) is 31.0 Å². The molecule has 1 saturated carbocycles. The van der Waals surface area contributed by atoms with E-state index in [2.05, 4.69) is 10.2 Å². The molecule has 1 aliphatic carbocycles. The van der Waals surface area contributed by atoms with Crippen LogP contribution in [-0.2, 0) is 10.8 Å². The predicted molar refractivity (Wildman–Crippen MR) is 45.2 cm³/mol. The minimum absolute atomic E-state index is 0.519. The molecule has 1 unspecified atom stereocenters. The quantitative estimate of drug-likeness (QED) is 0.697. The summed E-state index contributed by atoms with van der Waals surface area (Å²) < 4.78 is 13.4. The molecule has 0 bridgehead atoms. The minimum Gasteiger partial charge on any atom is -0.303 e. The van der Waals surface area contributed by atoms with Crippen LogP contribution in [-0.4, -0.2) is 24.7 Å². The van der Waals surface area contributed by atoms with Crippen LogP contribution in [0.4, 0.5) is 0 Å². The second-order valence-electron chi connectivity index (χ2n) is 2.89. The first-order chi connectivity index (χ1) is 5.83. The summed E-state index contributed by atoms with van der Waals surface area (Å²) in [5.74, 6) is 0.616. The number of rotatable bonds is 3. The lowest BCUT2D eigenvalue weighted by atomic mass is 10.7. The molecule has 12 heavy (non-hydrogen) atoms. The van der Waals surface area contributed by atoms with Gasteiger partial charge in [-0.2, -0.15) is 0 Å². The third-order valence-corrected chi connectivity index (χ3v) is 3.17. The van der Waals surface area contributed by atoms with Crippen LogP contribution in [0.3, 0.4) is 0 Å². The summed E-state index contributed by atoms with van der Waals surface area (Å²) in [5, 5.41) is 8.27. The van der Waals surface area contributed by atoms with Gasteiger partial charge in [-0.1, -0.05) is 6.92 Å². The van der Waals surface area contributed by atoms with Crippen LogP contribution in [0.5, 0.6) is 0 Å². The van der Waals surface area contributed by atoms with E-state index in [4.69, 9.17) is 0 Å². The highest BCUT2D eigenvalue weighted by Gasteiger charge is 2.27. The number of nitrogens with zero attached hydrogens (tertiary/aromatic N) is 3. The Hall–Kier alpha value is -0.710. The molecular weight excluding hydrogens is 174 g/mol. The topological polar surface area (TPSA) is 47.8 Å². The summed E-state index contributed by atoms with van der Waals surface area (Å²) in [6, 6.07) is 0.519. The fraction of sp³-hybridized carbons (Fsp3) is 0.714. The third kappa shape index (κ3) is 1.29. The lowest BCUT2D eigenvalue weighted by Crippen LogP contribution is -2.04. The average molecular weight is 185 g/mol. The summed E-state index contributed by atoms with van der Waals surface area (Å²) in [7, 11) is -0.962. The Kier molecular flexibility index (Phi) is 1.96. The summed E-state index contributed by atoms with van der Waals surface area (Å²) in [4.78, 5) is 0. The highest BCUT2D eigenvalue weighted by Crippen LogP contribution is 2.35. The van der Waals surface area contributed by atoms with Gasteiger partial charge in [0.15, 0.2) is 0 Å². The maximum Gasteiger partial charge on any atom is 0.221 e. The monoisotopic (exact) mass is 185 g/mol. The summed E-state index contributed by atoms with van der Waals surface area (Å²) in [5.41, 5.74) is 0. The average Bonchev–Trinajstić information content (AvgIpc) is 2.83. The molecule has 2 rings (SSSR count). The van der Waals surface area contributed by atoms with Gasteiger partial charge in [0, 0.05) is 11.8 Å². The first kappa shape index (κ1) is 7.91. The van der Waals surface area contributed by atoms with Gasteiger partial charge in [0.05, 0.1) is 10.8 Å². The van der Waals surface area contributed by atoms with Crippen molar-refractivity contribution in [3.63, 3.8) is 0 Å². The molecule has 1 aromatic rings. The van der Waals surface area contributed by atoms with Crippen LogP contribution in [0.1, 0.15) is 25.8 Å². The molecular formula is C7H11N3OS. The molecule has 4 nitrogen and oxygen atoms in total. The SMILES string of the molecule is CCS(=O)c1nncn1C1CC1. The zero-order valence-electron chi connectivity index (χ0n) is 6.93. The van der Waals surface area contributed by atoms with Crippen LogP contribution in [0.15, 0.2) is 11.5 Å². The molecule has 0 amide bonds. The van der Waals surface area contributed by atoms with Crippen molar-refractivity contribution in [3.8, 4) is 0 Å². The molecule has 1 aromatic heterocycles. The predicted octanol–water partition coefficient (Wildman–Crippen LogP) is 0.740. The lowest BCUT2D eigenvalue weighted by Gasteiger charge is -2.01. The molecule has 1 atom stereocenters. The largest absolute Gasteiger partial charge is 0.303 e. The van der Waals surface area contributed by atoms with Crippen molar-refractivity contribution in [2.75, 3.05) is 5.75 Å². The standard InChI is InChI=1S/C7H11N3OS/c1-2-12(11)7-9-8-5-10(7)6-3-4-6/h5-6H,2-4H2,1H3. The molecule has 0 N–H and O–H groups in total. The zero-order chi connectivity index (χ0) is 8.55. The molecule has 0 aliphatic heterocycles. The van der Waals surface area contributed by atoms with Crippen molar-refractivity contribution >= 4 is 10.8 Å². The molecule has 5 heteroatoms. The van der Waals surface area contributed by atoms with Gasteiger partial charge in [-0.05, 0) is 12.8 Å². The van der Waals surface area contributed by atoms with E-state index in [0.29, 0.717) is 17.0 Å². The molecule has 66 valence electrons. The van der Waals surface area contributed by atoms with Gasteiger partial charge >= 0.3 is 0 Å². The maximum absolute atomic E-state index is 11.4. The number of aromatic nitrogens is 3. The van der Waals surface area contributed by atoms with Gasteiger partial charge in [0.1, 0.15) is 6.33 Å². The maximum atomic E-state index is 11.4. The number of hydrogen-bond donors (Lipinski definition) is 0. The van der Waals surface area contributed by atoms with Crippen molar-refractivity contribution < 1.29 is 4.21 Å². The van der Waals surface area contributed by atoms with Gasteiger partial charge in [-0.15, -0.1) is 10.2 Å². The minimum atomic E-state index is -0.962. The Labute approximate surface area is 73.5 Å². The molecule has 0 radical (unpaired) electrons. The van der Waals surface area contributed by atoms with Crippen molar-refractivity contribution in [2.24, 2.45) is 0 Å². The van der Waals surface area contributed by atoms with E-state index in [1.165, 1.54) is 12.8 Å². The highest BCUT2D eigenvalue weighted by molar-refractivity contribution is 7.84. The van der Waals surface area contributed by atoms with E-state index in [0.717, 1.165) is 0 Å². The highest BCUT2D eigenvalue weighted by atomic mass is 32.2. The fourth-order valence-electron chi connectivity index (χ4n) is 1.13. The van der Waals surface area contributed by atoms with E-state index in [9.17, 15) is 4.21 Å². The second kappa shape index (κ2) is 2.97. The third-order valence-electron chi connectivity index (χ3n) is 1.95. The van der Waals surface area contributed by atoms with E-state index in [-0.39, 0.29) is 0 Å². The molecule has 0 spiro atoms. The molecule has 0 saturated heterocycles. The van der Waals surface area contributed by atoms with Crippen LogP contribution in [0.25, 0.3) is 0 Å².